The Balaban J connectivity index is 1.51. The molecule has 0 saturated heterocycles. The van der Waals surface area contributed by atoms with Crippen LogP contribution in [0.4, 0.5) is 5.69 Å². The molecule has 1 N–H and O–H groups in total. The number of nitro groups is 1. The minimum Gasteiger partial charge on any atom is -0.344 e. The van der Waals surface area contributed by atoms with Gasteiger partial charge in [-0.15, -0.1) is 0 Å². The number of amides is 1. The Labute approximate surface area is 166 Å². The molecule has 0 bridgehead atoms. The Hall–Kier alpha value is -4.00. The molecular formula is C22H18N4O3. The molecule has 1 atom stereocenters. The normalized spacial score (nSPS) is 11.9. The van der Waals surface area contributed by atoms with Gasteiger partial charge in [0.2, 0.25) is 0 Å². The second-order valence-electron chi connectivity index (χ2n) is 6.72. The minimum atomic E-state index is -0.466. The summed E-state index contributed by atoms with van der Waals surface area (Å²) in [5, 5.41) is 20.4. The van der Waals surface area contributed by atoms with Crippen LogP contribution in [0.2, 0.25) is 0 Å². The number of aromatic nitrogens is 2. The van der Waals surface area contributed by atoms with Gasteiger partial charge >= 0.3 is 0 Å². The highest BCUT2D eigenvalue weighted by Crippen LogP contribution is 2.21. The lowest BCUT2D eigenvalue weighted by molar-refractivity contribution is -0.384. The van der Waals surface area contributed by atoms with Crippen molar-refractivity contribution >= 4 is 22.4 Å². The molecule has 0 saturated carbocycles. The van der Waals surface area contributed by atoms with Crippen LogP contribution in [-0.2, 0) is 0 Å². The number of nitro benzene ring substituents is 1. The first-order valence-electron chi connectivity index (χ1n) is 9.11. The second-order valence-corrected chi connectivity index (χ2v) is 6.72. The highest BCUT2D eigenvalue weighted by atomic mass is 16.6. The van der Waals surface area contributed by atoms with Crippen molar-refractivity contribution < 1.29 is 9.72 Å². The third kappa shape index (κ3) is 3.84. The molecule has 1 aromatic heterocycles. The highest BCUT2D eigenvalue weighted by Gasteiger charge is 2.15. The molecule has 3 aromatic carbocycles. The second kappa shape index (κ2) is 7.55. The van der Waals surface area contributed by atoms with Crippen LogP contribution >= 0.6 is 0 Å². The van der Waals surface area contributed by atoms with Crippen LogP contribution in [0.3, 0.4) is 0 Å². The first kappa shape index (κ1) is 18.4. The van der Waals surface area contributed by atoms with Crippen LogP contribution in [0.1, 0.15) is 29.0 Å². The number of benzene rings is 3. The summed E-state index contributed by atoms with van der Waals surface area (Å²) in [5.74, 6) is -0.310. The first-order valence-corrected chi connectivity index (χ1v) is 9.11. The lowest BCUT2D eigenvalue weighted by Gasteiger charge is -2.14. The Morgan fingerprint density at radius 1 is 1.03 bits per heavy atom. The van der Waals surface area contributed by atoms with Gasteiger partial charge in [0.1, 0.15) is 0 Å². The van der Waals surface area contributed by atoms with Crippen molar-refractivity contribution in [1.82, 2.24) is 15.1 Å². The smallest absolute Gasteiger partial charge is 0.272 e. The van der Waals surface area contributed by atoms with E-state index in [4.69, 9.17) is 0 Å². The molecule has 0 aliphatic rings. The Morgan fingerprint density at radius 3 is 2.62 bits per heavy atom. The third-order valence-electron chi connectivity index (χ3n) is 4.75. The van der Waals surface area contributed by atoms with Gasteiger partial charge in [-0.05, 0) is 41.5 Å². The number of carbonyl (C=O) groups excluding carboxylic acids is 1. The van der Waals surface area contributed by atoms with Crippen molar-refractivity contribution in [2.45, 2.75) is 13.0 Å². The van der Waals surface area contributed by atoms with Crippen LogP contribution in [0.25, 0.3) is 16.5 Å². The van der Waals surface area contributed by atoms with Crippen molar-refractivity contribution in [3.05, 3.63) is 100 Å². The Bertz CT molecular complexity index is 1220. The van der Waals surface area contributed by atoms with Crippen LogP contribution < -0.4 is 5.32 Å². The van der Waals surface area contributed by atoms with E-state index in [1.54, 1.807) is 24.4 Å². The average Bonchev–Trinajstić information content (AvgIpc) is 3.24. The van der Waals surface area contributed by atoms with Crippen molar-refractivity contribution in [3.63, 3.8) is 0 Å². The van der Waals surface area contributed by atoms with Gasteiger partial charge in [0.15, 0.2) is 5.69 Å². The molecule has 0 fully saturated rings. The van der Waals surface area contributed by atoms with Crippen molar-refractivity contribution in [1.29, 1.82) is 0 Å². The number of rotatable bonds is 5. The molecular weight excluding hydrogens is 368 g/mol. The van der Waals surface area contributed by atoms with Gasteiger partial charge in [-0.25, -0.2) is 4.68 Å². The minimum absolute atomic E-state index is 0.0334. The van der Waals surface area contributed by atoms with Crippen molar-refractivity contribution in [2.24, 2.45) is 0 Å². The summed E-state index contributed by atoms with van der Waals surface area (Å²) in [6.45, 7) is 1.92. The number of hydrogen-bond donors (Lipinski definition) is 1. The summed E-state index contributed by atoms with van der Waals surface area (Å²) in [7, 11) is 0. The highest BCUT2D eigenvalue weighted by molar-refractivity contribution is 5.92. The van der Waals surface area contributed by atoms with E-state index in [0.29, 0.717) is 5.69 Å². The van der Waals surface area contributed by atoms with E-state index in [1.807, 2.05) is 43.3 Å². The largest absolute Gasteiger partial charge is 0.344 e. The molecule has 1 heterocycles. The van der Waals surface area contributed by atoms with Crippen LogP contribution in [0.15, 0.2) is 79.0 Å². The van der Waals surface area contributed by atoms with E-state index in [9.17, 15) is 14.9 Å². The fourth-order valence-corrected chi connectivity index (χ4v) is 3.17. The molecule has 0 radical (unpaired) electrons. The number of hydrogen-bond acceptors (Lipinski definition) is 4. The number of nitrogens with one attached hydrogen (secondary N) is 1. The van der Waals surface area contributed by atoms with Crippen LogP contribution in [0.5, 0.6) is 0 Å². The van der Waals surface area contributed by atoms with Gasteiger partial charge in [0.25, 0.3) is 11.6 Å². The van der Waals surface area contributed by atoms with E-state index < -0.39 is 4.92 Å². The summed E-state index contributed by atoms with van der Waals surface area (Å²) < 4.78 is 1.45. The molecule has 0 spiro atoms. The summed E-state index contributed by atoms with van der Waals surface area (Å²) >= 11 is 0. The van der Waals surface area contributed by atoms with Gasteiger partial charge in [0.05, 0.1) is 16.7 Å². The zero-order valence-corrected chi connectivity index (χ0v) is 15.6. The topological polar surface area (TPSA) is 90.1 Å². The predicted octanol–water partition coefficient (Wildman–Crippen LogP) is 4.42. The lowest BCUT2D eigenvalue weighted by Crippen LogP contribution is -2.27. The van der Waals surface area contributed by atoms with Crippen LogP contribution in [0, 0.1) is 10.1 Å². The maximum atomic E-state index is 12.6. The molecule has 1 unspecified atom stereocenters. The maximum Gasteiger partial charge on any atom is 0.272 e. The van der Waals surface area contributed by atoms with Gasteiger partial charge in [-0.2, -0.15) is 5.10 Å². The van der Waals surface area contributed by atoms with E-state index in [0.717, 1.165) is 16.3 Å². The molecule has 144 valence electrons. The fourth-order valence-electron chi connectivity index (χ4n) is 3.17. The molecule has 7 heteroatoms. The predicted molar refractivity (Wildman–Crippen MR) is 110 cm³/mol. The van der Waals surface area contributed by atoms with Gasteiger partial charge < -0.3 is 5.32 Å². The SMILES string of the molecule is CC(NC(=O)c1ccn(-c2cccc([N+](=O)[O-])c2)n1)c1ccc2ccccc2c1. The standard InChI is InChI=1S/C22H18N4O3/c1-15(17-10-9-16-5-2-3-6-18(16)13-17)23-22(27)21-11-12-25(24-21)19-7-4-8-20(14-19)26(28)29/h2-15H,1H3,(H,23,27). The summed E-state index contributed by atoms with van der Waals surface area (Å²) in [5.41, 5.74) is 1.72. The van der Waals surface area contributed by atoms with E-state index in [-0.39, 0.29) is 23.3 Å². The Morgan fingerprint density at radius 2 is 1.83 bits per heavy atom. The van der Waals surface area contributed by atoms with E-state index in [2.05, 4.69) is 16.5 Å². The molecule has 7 nitrogen and oxygen atoms in total. The lowest BCUT2D eigenvalue weighted by atomic mass is 10.0. The van der Waals surface area contributed by atoms with Crippen molar-refractivity contribution in [3.8, 4) is 5.69 Å². The van der Waals surface area contributed by atoms with Gasteiger partial charge in [0, 0.05) is 18.3 Å². The van der Waals surface area contributed by atoms with Crippen molar-refractivity contribution in [2.75, 3.05) is 0 Å². The molecule has 4 rings (SSSR count). The fraction of sp³-hybridized carbons (Fsp3) is 0.0909. The monoisotopic (exact) mass is 386 g/mol. The average molecular weight is 386 g/mol. The first-order chi connectivity index (χ1) is 14.0. The summed E-state index contributed by atoms with van der Waals surface area (Å²) in [6, 6.07) is 21.6. The van der Waals surface area contributed by atoms with Crippen LogP contribution in [-0.4, -0.2) is 20.6 Å². The Kier molecular flexibility index (Phi) is 4.78. The number of fused-ring (bicyclic) bond motifs is 1. The molecule has 0 aliphatic heterocycles. The maximum absolute atomic E-state index is 12.6. The molecule has 0 aliphatic carbocycles. The third-order valence-corrected chi connectivity index (χ3v) is 4.75. The zero-order valence-electron chi connectivity index (χ0n) is 15.6. The van der Waals surface area contributed by atoms with E-state index >= 15 is 0 Å². The summed E-state index contributed by atoms with van der Waals surface area (Å²) in [6.07, 6.45) is 1.61. The molecule has 29 heavy (non-hydrogen) atoms. The van der Waals surface area contributed by atoms with Gasteiger partial charge in [-0.1, -0.05) is 42.5 Å². The number of nitrogens with zero attached hydrogens (tertiary/aromatic N) is 3. The quantitative estimate of drug-likeness (QED) is 0.406. The molecule has 4 aromatic rings. The number of non-ortho nitro benzene ring substituents is 1. The molecule has 1 amide bonds. The van der Waals surface area contributed by atoms with Gasteiger partial charge in [-0.3, -0.25) is 14.9 Å². The summed E-state index contributed by atoms with van der Waals surface area (Å²) in [4.78, 5) is 23.1. The zero-order chi connectivity index (χ0) is 20.4. The number of carbonyl (C=O) groups is 1. The van der Waals surface area contributed by atoms with E-state index in [1.165, 1.54) is 16.8 Å².